The van der Waals surface area contributed by atoms with Crippen molar-refractivity contribution in [2.45, 2.75) is 386 Å². The van der Waals surface area contributed by atoms with E-state index in [1.165, 1.54) is 154 Å². The van der Waals surface area contributed by atoms with E-state index in [1.807, 2.05) is 0 Å². The van der Waals surface area contributed by atoms with Crippen LogP contribution < -0.4 is 0 Å². The third-order valence-electron chi connectivity index (χ3n) is 18.9. The highest BCUT2D eigenvalue weighted by molar-refractivity contribution is 7.47. The van der Waals surface area contributed by atoms with Crippen LogP contribution in [-0.4, -0.2) is 95.9 Å². The van der Waals surface area contributed by atoms with E-state index < -0.39 is 91.5 Å². The van der Waals surface area contributed by atoms with Crippen LogP contribution in [0.15, 0.2) is 170 Å². The molecule has 0 radical (unpaired) electrons. The SMILES string of the molecule is CC/C=C\C/C=C\C/C=C\C/C=C\C/C=C\CCCCCCCCCCCCCC(=O)OCC(COP(=O)(O)OCC(O)COP(=O)(O)OCC(O)COC(=O)CCCCCCCCCCCCCCCCCCC/C=C\C/C=C\C/C=C\C/C=C\CCCCC)OC(=O)CCCCC/C=C\C/C=C\C/C=C\C/C=C\C/C=C\CC. The van der Waals surface area contributed by atoms with Gasteiger partial charge in [0.15, 0.2) is 6.10 Å². The van der Waals surface area contributed by atoms with Gasteiger partial charge in [0.25, 0.3) is 0 Å². The van der Waals surface area contributed by atoms with E-state index in [4.69, 9.17) is 32.3 Å². The van der Waals surface area contributed by atoms with E-state index in [1.54, 1.807) is 0 Å². The molecule has 0 saturated carbocycles. The first-order valence-corrected chi connectivity index (χ1v) is 48.4. The Labute approximate surface area is 701 Å². The summed E-state index contributed by atoms with van der Waals surface area (Å²) in [5.74, 6) is -1.61. The second-order valence-electron chi connectivity index (χ2n) is 30.0. The summed E-state index contributed by atoms with van der Waals surface area (Å²) >= 11 is 0. The van der Waals surface area contributed by atoms with Gasteiger partial charge in [-0.3, -0.25) is 32.5 Å². The van der Waals surface area contributed by atoms with E-state index in [2.05, 4.69) is 191 Å². The van der Waals surface area contributed by atoms with Crippen LogP contribution in [0, 0.1) is 0 Å². The number of unbranched alkanes of at least 4 members (excludes halogenated alkanes) is 34. The summed E-state index contributed by atoms with van der Waals surface area (Å²) in [7, 11) is -9.82. The zero-order valence-corrected chi connectivity index (χ0v) is 74.2. The van der Waals surface area contributed by atoms with Gasteiger partial charge in [-0.1, -0.05) is 364 Å². The monoisotopic (exact) mass is 1650 g/mol. The Kier molecular flexibility index (Phi) is 84.3. The predicted molar refractivity (Wildman–Crippen MR) is 482 cm³/mol. The fourth-order valence-corrected chi connectivity index (χ4v) is 13.7. The summed E-state index contributed by atoms with van der Waals surface area (Å²) in [6.07, 6.45) is 114. The fraction of sp³-hybridized carbons (Fsp3) is 0.680. The van der Waals surface area contributed by atoms with E-state index in [0.29, 0.717) is 19.3 Å². The fourth-order valence-electron chi connectivity index (χ4n) is 12.1. The molecule has 0 amide bonds. The van der Waals surface area contributed by atoms with Crippen LogP contribution in [0.5, 0.6) is 0 Å². The normalized spacial score (nSPS) is 14.6. The Morgan fingerprint density at radius 1 is 0.252 bits per heavy atom. The number of aliphatic hydroxyl groups is 2. The zero-order chi connectivity index (χ0) is 83.6. The summed E-state index contributed by atoms with van der Waals surface area (Å²) in [4.78, 5) is 58.9. The lowest BCUT2D eigenvalue weighted by Crippen LogP contribution is -2.30. The molecule has 658 valence electrons. The van der Waals surface area contributed by atoms with Crippen LogP contribution >= 0.6 is 15.6 Å². The minimum Gasteiger partial charge on any atom is -0.463 e. The molecule has 0 fully saturated rings. The molecule has 115 heavy (non-hydrogen) atoms. The zero-order valence-electron chi connectivity index (χ0n) is 72.4. The van der Waals surface area contributed by atoms with Crippen molar-refractivity contribution in [3.8, 4) is 0 Å². The van der Waals surface area contributed by atoms with Gasteiger partial charge in [0, 0.05) is 19.3 Å². The molecule has 18 heteroatoms. The molecule has 0 heterocycles. The smallest absolute Gasteiger partial charge is 0.463 e. The van der Waals surface area contributed by atoms with Crippen molar-refractivity contribution in [2.75, 3.05) is 39.6 Å². The van der Waals surface area contributed by atoms with Crippen molar-refractivity contribution in [1.29, 1.82) is 0 Å². The van der Waals surface area contributed by atoms with Gasteiger partial charge < -0.3 is 34.2 Å². The standard InChI is InChI=1S/C97H164O16P2/c1-4-7-10-13-16-19-22-25-28-31-34-36-38-40-42-43-44-45-46-47-49-51-52-54-57-59-62-65-68-71-74-77-80-83-95(100)107-86-92(98)87-109-114(103,104)110-88-93(99)89-111-115(105,106)112-91-94(113-97(102)85-82-79-76-73-70-67-64-61-56-33-30-27-24-21-18-15-12-9-6-3)90-108-96(101)84-81-78-75-72-69-66-63-60-58-55-53-50-48-41-39-37-35-32-29-26-23-20-17-14-11-8-5-2/h8-9,11-12,16-21,25-30,34-37,40-42,48,56,61,67,70,92-94,98-99H,4-7,10,13-15,22-24,31-33,38-39,43-47,49-55,57-60,62-66,68-69,71-91H2,1-3H3,(H,103,104)(H,105,106)/b11-8-,12-9-,19-16-,20-17-,21-18-,28-25-,29-26-,30-27-,36-34-,37-35-,42-40-,48-41-,61-56-,70-67-. The van der Waals surface area contributed by atoms with Gasteiger partial charge in [0.05, 0.1) is 26.4 Å². The molecule has 0 aliphatic heterocycles. The lowest BCUT2D eigenvalue weighted by atomic mass is 10.0. The van der Waals surface area contributed by atoms with Gasteiger partial charge in [0.1, 0.15) is 25.4 Å². The first kappa shape index (κ1) is 110. The number of phosphoric acid groups is 2. The van der Waals surface area contributed by atoms with E-state index >= 15 is 0 Å². The number of rotatable bonds is 85. The number of carbonyl (C=O) groups excluding carboxylic acids is 3. The molecule has 0 aliphatic rings. The lowest BCUT2D eigenvalue weighted by Gasteiger charge is -2.21. The topological polar surface area (TPSA) is 231 Å². The molecule has 0 rings (SSSR count). The van der Waals surface area contributed by atoms with Gasteiger partial charge in [-0.05, 0) is 154 Å². The highest BCUT2D eigenvalue weighted by Gasteiger charge is 2.29. The second-order valence-corrected chi connectivity index (χ2v) is 32.9. The largest absolute Gasteiger partial charge is 0.472 e. The Bertz CT molecular complexity index is 2770. The van der Waals surface area contributed by atoms with Crippen molar-refractivity contribution in [3.63, 3.8) is 0 Å². The third kappa shape index (κ3) is 89.5. The molecule has 4 N–H and O–H groups in total. The van der Waals surface area contributed by atoms with Crippen molar-refractivity contribution in [3.05, 3.63) is 170 Å². The second kappa shape index (κ2) is 88.2. The van der Waals surface area contributed by atoms with Crippen LogP contribution in [0.1, 0.15) is 367 Å². The van der Waals surface area contributed by atoms with E-state index in [9.17, 15) is 43.5 Å². The molecule has 5 atom stereocenters. The molecular formula is C97H164O16P2. The predicted octanol–water partition coefficient (Wildman–Crippen LogP) is 27.9. The van der Waals surface area contributed by atoms with E-state index in [0.717, 1.165) is 154 Å². The minimum atomic E-state index is -4.95. The van der Waals surface area contributed by atoms with E-state index in [-0.39, 0.29) is 19.3 Å². The summed E-state index contributed by atoms with van der Waals surface area (Å²) in [5.41, 5.74) is 0. The van der Waals surface area contributed by atoms with Gasteiger partial charge in [-0.25, -0.2) is 9.13 Å². The van der Waals surface area contributed by atoms with Crippen molar-refractivity contribution >= 4 is 33.6 Å². The Morgan fingerprint density at radius 2 is 0.461 bits per heavy atom. The highest BCUT2D eigenvalue weighted by Crippen LogP contribution is 2.45. The molecule has 0 bridgehead atoms. The minimum absolute atomic E-state index is 0.0601. The molecule has 0 saturated heterocycles. The molecule has 0 aliphatic carbocycles. The maximum Gasteiger partial charge on any atom is 0.472 e. The number of aliphatic hydroxyl groups excluding tert-OH is 2. The summed E-state index contributed by atoms with van der Waals surface area (Å²) in [5, 5.41) is 20.7. The molecule has 0 aromatic rings. The van der Waals surface area contributed by atoms with Crippen LogP contribution in [0.25, 0.3) is 0 Å². The number of ether oxygens (including phenoxy) is 3. The maximum absolute atomic E-state index is 13.0. The van der Waals surface area contributed by atoms with Crippen LogP contribution in [0.4, 0.5) is 0 Å². The van der Waals surface area contributed by atoms with Crippen LogP contribution in [0.3, 0.4) is 0 Å². The molecule has 16 nitrogen and oxygen atoms in total. The average Bonchev–Trinajstić information content (AvgIpc) is 0.902. The summed E-state index contributed by atoms with van der Waals surface area (Å²) in [6.45, 7) is 2.42. The van der Waals surface area contributed by atoms with Crippen LogP contribution in [0.2, 0.25) is 0 Å². The quantitative estimate of drug-likeness (QED) is 0.0146. The van der Waals surface area contributed by atoms with Gasteiger partial charge in [0.2, 0.25) is 0 Å². The van der Waals surface area contributed by atoms with Gasteiger partial charge >= 0.3 is 33.6 Å². The number of phosphoric ester groups is 2. The van der Waals surface area contributed by atoms with Crippen molar-refractivity contribution in [1.82, 2.24) is 0 Å². The van der Waals surface area contributed by atoms with Crippen molar-refractivity contribution in [2.24, 2.45) is 0 Å². The van der Waals surface area contributed by atoms with Crippen LogP contribution in [-0.2, 0) is 55.8 Å². The Balaban J connectivity index is 4.55. The number of esters is 3. The van der Waals surface area contributed by atoms with Gasteiger partial charge in [-0.2, -0.15) is 0 Å². The number of hydrogen-bond donors (Lipinski definition) is 4. The molecular weight excluding hydrogens is 1480 g/mol. The summed E-state index contributed by atoms with van der Waals surface area (Å²) < 4.78 is 61.4. The molecule has 5 unspecified atom stereocenters. The molecule has 0 aromatic carbocycles. The van der Waals surface area contributed by atoms with Crippen molar-refractivity contribution < 1.29 is 75.8 Å². The maximum atomic E-state index is 13.0. The Hall–Kier alpha value is -5.09. The first-order valence-electron chi connectivity index (χ1n) is 45.4. The Morgan fingerprint density at radius 3 is 0.739 bits per heavy atom. The summed E-state index contributed by atoms with van der Waals surface area (Å²) in [6, 6.07) is 0. The number of hydrogen-bond acceptors (Lipinski definition) is 14. The number of allylic oxidation sites excluding steroid dienone is 28. The highest BCUT2D eigenvalue weighted by atomic mass is 31.2. The lowest BCUT2D eigenvalue weighted by molar-refractivity contribution is -0.161. The average molecular weight is 1650 g/mol. The van der Waals surface area contributed by atoms with Gasteiger partial charge in [-0.15, -0.1) is 0 Å². The first-order chi connectivity index (χ1) is 56.2. The number of carbonyl (C=O) groups is 3. The molecule has 0 aromatic heterocycles. The molecule has 0 spiro atoms. The third-order valence-corrected chi connectivity index (χ3v) is 20.8.